The maximum absolute atomic E-state index is 15.0. The number of benzene rings is 1. The van der Waals surface area contributed by atoms with E-state index >= 15 is 0 Å². The van der Waals surface area contributed by atoms with Crippen LogP contribution >= 0.6 is 0 Å². The van der Waals surface area contributed by atoms with E-state index in [1.807, 2.05) is 0 Å². The smallest absolute Gasteiger partial charge is 0.329 e. The van der Waals surface area contributed by atoms with Gasteiger partial charge in [-0.15, -0.1) is 0 Å². The number of anilines is 2. The van der Waals surface area contributed by atoms with Crippen molar-refractivity contribution in [3.8, 4) is 5.75 Å². The quantitative estimate of drug-likeness (QED) is 0.166. The molecule has 1 aromatic carbocycles. The van der Waals surface area contributed by atoms with Gasteiger partial charge in [0, 0.05) is 38.6 Å². The van der Waals surface area contributed by atoms with Crippen molar-refractivity contribution in [1.29, 1.82) is 0 Å². The first-order valence-corrected chi connectivity index (χ1v) is 19.1. The molecule has 5 aromatic rings. The van der Waals surface area contributed by atoms with E-state index < -0.39 is 54.2 Å². The molecule has 6 heterocycles. The molecule has 1 aliphatic carbocycles. The fraction of sp³-hybridized carbons (Fsp3) is 0.500. The van der Waals surface area contributed by atoms with E-state index in [0.29, 0.717) is 34.7 Å². The van der Waals surface area contributed by atoms with E-state index in [0.717, 1.165) is 32.1 Å². The number of fused-ring (bicyclic) bond motifs is 2. The zero-order chi connectivity index (χ0) is 41.5. The van der Waals surface area contributed by atoms with Gasteiger partial charge < -0.3 is 19.9 Å². The number of hydrogen-bond acceptors (Lipinski definition) is 10. The molecule has 0 spiro atoms. The molecule has 2 unspecified atom stereocenters. The van der Waals surface area contributed by atoms with E-state index in [9.17, 15) is 36.7 Å². The molecule has 2 aliphatic heterocycles. The number of halogens is 4. The Labute approximate surface area is 329 Å². The summed E-state index contributed by atoms with van der Waals surface area (Å²) in [6.45, 7) is -0.172. The van der Waals surface area contributed by atoms with Gasteiger partial charge >= 0.3 is 5.69 Å². The number of methoxy groups -OCH3 is 1. The van der Waals surface area contributed by atoms with Gasteiger partial charge in [-0.3, -0.25) is 33.5 Å². The summed E-state index contributed by atoms with van der Waals surface area (Å²) in [6, 6.07) is 3.31. The summed E-state index contributed by atoms with van der Waals surface area (Å²) in [7, 11) is 6.27. The van der Waals surface area contributed by atoms with Crippen molar-refractivity contribution in [2.24, 2.45) is 7.05 Å². The topological polar surface area (TPSA) is 166 Å². The molecular formula is C38H45F4N11O5. The summed E-state index contributed by atoms with van der Waals surface area (Å²) < 4.78 is 67.9. The maximum Gasteiger partial charge on any atom is 0.329 e. The van der Waals surface area contributed by atoms with Gasteiger partial charge in [0.2, 0.25) is 11.8 Å². The van der Waals surface area contributed by atoms with Crippen molar-refractivity contribution in [3.05, 3.63) is 64.7 Å². The number of nitrogens with one attached hydrogen (secondary N) is 2. The van der Waals surface area contributed by atoms with Crippen LogP contribution in [-0.2, 0) is 16.6 Å². The fourth-order valence-electron chi connectivity index (χ4n) is 8.26. The number of hydrogen-bond donors (Lipinski definition) is 2. The Bertz CT molecular complexity index is 2400. The highest BCUT2D eigenvalue weighted by molar-refractivity contribution is 6.08. The lowest BCUT2D eigenvalue weighted by atomic mass is 9.96. The molecule has 2 saturated heterocycles. The Morgan fingerprint density at radius 3 is 2.52 bits per heavy atom. The number of rotatable bonds is 8. The van der Waals surface area contributed by atoms with Gasteiger partial charge in [-0.2, -0.15) is 10.2 Å². The number of imidazole rings is 1. The fourth-order valence-corrected chi connectivity index (χ4v) is 8.26. The molecule has 2 atom stereocenters. The van der Waals surface area contributed by atoms with Crippen LogP contribution in [-0.4, -0.2) is 102 Å². The molecule has 8 rings (SSSR count). The SMILES string of the molecule is COc1ccc2c(c1N1CCC(N(C)C)C(F)(F)C1)n(C)c(=O)n2C1CCC(=O)NC1=O.O=C(Nc1cn(C2CCCCC2)nc1C(F)F)c1cnn2cccnc12. The van der Waals surface area contributed by atoms with Gasteiger partial charge in [0.1, 0.15) is 23.0 Å². The number of amides is 3. The van der Waals surface area contributed by atoms with Gasteiger partial charge in [0.25, 0.3) is 18.3 Å². The highest BCUT2D eigenvalue weighted by Gasteiger charge is 2.47. The third-order valence-electron chi connectivity index (χ3n) is 11.1. The molecular weight excluding hydrogens is 766 g/mol. The summed E-state index contributed by atoms with van der Waals surface area (Å²) in [5, 5.41) is 12.9. The van der Waals surface area contributed by atoms with E-state index in [2.05, 4.69) is 25.8 Å². The second kappa shape index (κ2) is 16.2. The second-order valence-electron chi connectivity index (χ2n) is 15.0. The summed E-state index contributed by atoms with van der Waals surface area (Å²) in [5.41, 5.74) is 0.990. The second-order valence-corrected chi connectivity index (χ2v) is 15.0. The minimum Gasteiger partial charge on any atom is -0.494 e. The number of aryl methyl sites for hydroxylation is 1. The highest BCUT2D eigenvalue weighted by Crippen LogP contribution is 2.41. The highest BCUT2D eigenvalue weighted by atomic mass is 19.3. The van der Waals surface area contributed by atoms with Crippen LogP contribution in [0.2, 0.25) is 0 Å². The molecule has 3 fully saturated rings. The molecule has 20 heteroatoms. The number of ether oxygens (including phenoxy) is 1. The van der Waals surface area contributed by atoms with Crippen molar-refractivity contribution in [3.63, 3.8) is 0 Å². The summed E-state index contributed by atoms with van der Waals surface area (Å²) in [5.74, 6) is -4.07. The first-order chi connectivity index (χ1) is 27.7. The van der Waals surface area contributed by atoms with Crippen LogP contribution in [0.15, 0.2) is 47.8 Å². The summed E-state index contributed by atoms with van der Waals surface area (Å²) in [4.78, 5) is 56.9. The maximum atomic E-state index is 15.0. The van der Waals surface area contributed by atoms with E-state index in [-0.39, 0.29) is 42.5 Å². The third kappa shape index (κ3) is 7.63. The molecule has 2 N–H and O–H groups in total. The van der Waals surface area contributed by atoms with Crippen LogP contribution in [0.5, 0.6) is 5.75 Å². The van der Waals surface area contributed by atoms with Crippen LogP contribution in [0, 0.1) is 0 Å². The van der Waals surface area contributed by atoms with Gasteiger partial charge in [0.15, 0.2) is 11.3 Å². The van der Waals surface area contributed by atoms with Crippen LogP contribution in [0.1, 0.15) is 85.9 Å². The first kappa shape index (κ1) is 40.4. The number of alkyl halides is 4. The number of aromatic nitrogens is 7. The standard InChI is InChI=1S/C21H27F2N5O4.C17H18F2N6O/c1-25(2)15-9-10-27(11-21(15,22)23)18-14(32-4)7-5-12-17(18)26(3)20(31)28(12)13-6-8-16(29)24-19(13)30;18-15(19)14-13(10-25(23-14)11-5-2-1-3-6-11)22-17(26)12-9-21-24-8-4-7-20-16(12)24/h5,7,13,15H,6,8-11H2,1-4H3,(H,24,29,30);4,7-11,15H,1-3,5-6H2,(H,22,26). The van der Waals surface area contributed by atoms with E-state index in [4.69, 9.17) is 4.74 Å². The lowest BCUT2D eigenvalue weighted by Crippen LogP contribution is -2.56. The Balaban J connectivity index is 0.000000180. The van der Waals surface area contributed by atoms with Crippen LogP contribution < -0.4 is 26.0 Å². The van der Waals surface area contributed by atoms with Crippen LogP contribution in [0.3, 0.4) is 0 Å². The number of piperidine rings is 2. The first-order valence-electron chi connectivity index (χ1n) is 19.1. The van der Waals surface area contributed by atoms with Crippen LogP contribution in [0.25, 0.3) is 16.7 Å². The Morgan fingerprint density at radius 2 is 1.84 bits per heavy atom. The molecule has 4 aromatic heterocycles. The number of nitrogens with zero attached hydrogens (tertiary/aromatic N) is 9. The minimum absolute atomic E-state index is 0.0332. The van der Waals surface area contributed by atoms with Gasteiger partial charge in [-0.1, -0.05) is 19.3 Å². The zero-order valence-electron chi connectivity index (χ0n) is 32.5. The molecule has 0 radical (unpaired) electrons. The number of carbonyl (C=O) groups excluding carboxylic acids is 3. The Morgan fingerprint density at radius 1 is 1.09 bits per heavy atom. The predicted octanol–water partition coefficient (Wildman–Crippen LogP) is 4.72. The molecule has 58 heavy (non-hydrogen) atoms. The summed E-state index contributed by atoms with van der Waals surface area (Å²) in [6.07, 6.45) is 8.96. The number of imide groups is 1. The third-order valence-corrected chi connectivity index (χ3v) is 11.1. The monoisotopic (exact) mass is 811 g/mol. The van der Waals surface area contributed by atoms with Gasteiger partial charge in [-0.25, -0.2) is 31.9 Å². The average molecular weight is 812 g/mol. The van der Waals surface area contributed by atoms with Gasteiger partial charge in [-0.05, 0) is 58.0 Å². The van der Waals surface area contributed by atoms with Crippen molar-refractivity contribution >= 4 is 45.8 Å². The lowest BCUT2D eigenvalue weighted by Gasteiger charge is -2.42. The minimum atomic E-state index is -2.97. The van der Waals surface area contributed by atoms with Crippen molar-refractivity contribution in [2.45, 2.75) is 81.8 Å². The lowest BCUT2D eigenvalue weighted by molar-refractivity contribution is -0.135. The molecule has 1 saturated carbocycles. The zero-order valence-corrected chi connectivity index (χ0v) is 32.5. The Hall–Kier alpha value is -5.79. The average Bonchev–Trinajstić information content (AvgIpc) is 3.89. The molecule has 3 amide bonds. The van der Waals surface area contributed by atoms with Crippen LogP contribution in [0.4, 0.5) is 28.9 Å². The largest absolute Gasteiger partial charge is 0.494 e. The molecule has 0 bridgehead atoms. The van der Waals surface area contributed by atoms with E-state index in [1.165, 1.54) is 38.1 Å². The molecule has 16 nitrogen and oxygen atoms in total. The Kier molecular flexibility index (Phi) is 11.3. The molecule has 3 aliphatic rings. The van der Waals surface area contributed by atoms with Crippen molar-refractivity contribution in [1.82, 2.24) is 43.7 Å². The molecule has 310 valence electrons. The van der Waals surface area contributed by atoms with Crippen molar-refractivity contribution in [2.75, 3.05) is 44.5 Å². The number of carbonyl (C=O) groups is 3. The van der Waals surface area contributed by atoms with Crippen molar-refractivity contribution < 1.29 is 36.7 Å². The van der Waals surface area contributed by atoms with E-state index in [1.54, 1.807) is 61.3 Å². The predicted molar refractivity (Wildman–Crippen MR) is 205 cm³/mol. The normalized spacial score (nSPS) is 20.1. The van der Waals surface area contributed by atoms with Gasteiger partial charge in [0.05, 0.1) is 48.7 Å². The summed E-state index contributed by atoms with van der Waals surface area (Å²) >= 11 is 0.